The summed E-state index contributed by atoms with van der Waals surface area (Å²) in [4.78, 5) is 10.1. The third kappa shape index (κ3) is 3.73. The van der Waals surface area contributed by atoms with Gasteiger partial charge in [0.05, 0.1) is 28.5 Å². The molecule has 1 aliphatic rings. The van der Waals surface area contributed by atoms with Gasteiger partial charge in [-0.1, -0.05) is 42.1 Å². The molecule has 36 heavy (non-hydrogen) atoms. The summed E-state index contributed by atoms with van der Waals surface area (Å²) >= 11 is 0. The molecule has 0 bridgehead atoms. The Balaban J connectivity index is 1.69. The number of nitrogens with zero attached hydrogens (tertiary/aromatic N) is 4. The van der Waals surface area contributed by atoms with Gasteiger partial charge in [-0.2, -0.15) is 0 Å². The third-order valence-corrected chi connectivity index (χ3v) is 7.38. The molecule has 5 aromatic rings. The Bertz CT molecular complexity index is 1560. The van der Waals surface area contributed by atoms with Gasteiger partial charge in [0.1, 0.15) is 11.4 Å². The van der Waals surface area contributed by atoms with E-state index >= 15 is 0 Å². The van der Waals surface area contributed by atoms with Crippen molar-refractivity contribution in [3.05, 3.63) is 84.0 Å². The van der Waals surface area contributed by atoms with Gasteiger partial charge in [0, 0.05) is 35.9 Å². The van der Waals surface area contributed by atoms with Gasteiger partial charge in [-0.15, -0.1) is 0 Å². The van der Waals surface area contributed by atoms with Crippen LogP contribution in [0, 0.1) is 19.8 Å². The number of hydrogen-bond acceptors (Lipinski definition) is 5. The van der Waals surface area contributed by atoms with Crippen molar-refractivity contribution in [3.63, 3.8) is 0 Å². The molecule has 1 saturated heterocycles. The Hall–Kier alpha value is -3.77. The minimum Gasteiger partial charge on any atom is -0.381 e. The Morgan fingerprint density at radius 2 is 1.86 bits per heavy atom. The van der Waals surface area contributed by atoms with Crippen LogP contribution in [0.15, 0.2) is 65.8 Å². The van der Waals surface area contributed by atoms with Crippen LogP contribution in [-0.2, 0) is 4.74 Å². The van der Waals surface area contributed by atoms with Crippen molar-refractivity contribution in [1.29, 1.82) is 0 Å². The molecule has 0 saturated carbocycles. The molecular formula is C30H30N4O2. The highest BCUT2D eigenvalue weighted by atomic mass is 16.5. The Labute approximate surface area is 210 Å². The summed E-state index contributed by atoms with van der Waals surface area (Å²) in [5, 5.41) is 5.23. The minimum absolute atomic E-state index is 0.102. The van der Waals surface area contributed by atoms with Crippen LogP contribution in [0.2, 0.25) is 0 Å². The SMILES string of the molecule is C=C(C)c1ccc2c3ncc(-c4c(C)noc4C)cc3n(C(c3ccccc3)C3CCOCC3)c2n1. The number of fused-ring (bicyclic) bond motifs is 3. The number of rotatable bonds is 5. The second kappa shape index (κ2) is 9.03. The summed E-state index contributed by atoms with van der Waals surface area (Å²) in [7, 11) is 0. The molecule has 0 N–H and O–H groups in total. The first kappa shape index (κ1) is 22.7. The monoisotopic (exact) mass is 478 g/mol. The second-order valence-corrected chi connectivity index (χ2v) is 9.81. The molecule has 6 rings (SSSR count). The highest BCUT2D eigenvalue weighted by Gasteiger charge is 2.31. The zero-order chi connectivity index (χ0) is 24.8. The number of hydrogen-bond donors (Lipinski definition) is 0. The number of ether oxygens (including phenoxy) is 1. The second-order valence-electron chi connectivity index (χ2n) is 9.81. The van der Waals surface area contributed by atoms with E-state index in [0.29, 0.717) is 5.92 Å². The van der Waals surface area contributed by atoms with Crippen LogP contribution in [-0.4, -0.2) is 32.9 Å². The molecule has 1 unspecified atom stereocenters. The first-order valence-electron chi connectivity index (χ1n) is 12.6. The van der Waals surface area contributed by atoms with Crippen LogP contribution in [0.5, 0.6) is 0 Å². The summed E-state index contributed by atoms with van der Waals surface area (Å²) < 4.78 is 13.7. The molecule has 6 nitrogen and oxygen atoms in total. The average Bonchev–Trinajstić information content (AvgIpc) is 3.41. The van der Waals surface area contributed by atoms with E-state index < -0.39 is 0 Å². The molecule has 6 heteroatoms. The lowest BCUT2D eigenvalue weighted by Crippen LogP contribution is -2.27. The van der Waals surface area contributed by atoms with Crippen LogP contribution < -0.4 is 0 Å². The minimum atomic E-state index is 0.102. The van der Waals surface area contributed by atoms with Gasteiger partial charge in [-0.3, -0.25) is 4.98 Å². The number of aryl methyl sites for hydroxylation is 2. The summed E-state index contributed by atoms with van der Waals surface area (Å²) in [6.07, 6.45) is 3.92. The Kier molecular flexibility index (Phi) is 5.69. The van der Waals surface area contributed by atoms with Crippen molar-refractivity contribution in [2.75, 3.05) is 13.2 Å². The van der Waals surface area contributed by atoms with Gasteiger partial charge in [-0.05, 0) is 68.9 Å². The van der Waals surface area contributed by atoms with Crippen LogP contribution in [0.1, 0.15) is 48.5 Å². The summed E-state index contributed by atoms with van der Waals surface area (Å²) in [5.41, 5.74) is 8.94. The number of pyridine rings is 2. The van der Waals surface area contributed by atoms with Crippen LogP contribution in [0.3, 0.4) is 0 Å². The van der Waals surface area contributed by atoms with E-state index in [4.69, 9.17) is 19.2 Å². The molecule has 1 fully saturated rings. The summed E-state index contributed by atoms with van der Waals surface area (Å²) in [6, 6.07) is 17.3. The van der Waals surface area contributed by atoms with E-state index in [2.05, 4.69) is 58.8 Å². The molecule has 1 aromatic carbocycles. The van der Waals surface area contributed by atoms with Gasteiger partial charge < -0.3 is 13.8 Å². The van der Waals surface area contributed by atoms with Crippen LogP contribution >= 0.6 is 0 Å². The Morgan fingerprint density at radius 1 is 1.08 bits per heavy atom. The van der Waals surface area contributed by atoms with Gasteiger partial charge in [0.15, 0.2) is 0 Å². The first-order valence-corrected chi connectivity index (χ1v) is 12.6. The van der Waals surface area contributed by atoms with Crippen molar-refractivity contribution in [2.45, 2.75) is 39.7 Å². The number of aromatic nitrogens is 4. The quantitative estimate of drug-likeness (QED) is 0.275. The van der Waals surface area contributed by atoms with Crippen molar-refractivity contribution in [1.82, 2.24) is 19.7 Å². The fraction of sp³-hybridized carbons (Fsp3) is 0.300. The molecule has 0 amide bonds. The van der Waals surface area contributed by atoms with Crippen LogP contribution in [0.25, 0.3) is 38.8 Å². The standard InChI is InChI=1S/C30H30N4O2/c1-18(2)25-11-10-24-28-26(16-23(17-31-28)27-19(3)33-36-20(27)4)34(30(24)32-25)29(21-8-6-5-7-9-21)22-12-14-35-15-13-22/h5-11,16-17,22,29H,1,12-15H2,2-4H3. The lowest BCUT2D eigenvalue weighted by Gasteiger charge is -2.32. The van der Waals surface area contributed by atoms with Gasteiger partial charge in [0.25, 0.3) is 0 Å². The molecule has 5 heterocycles. The van der Waals surface area contributed by atoms with Gasteiger partial charge >= 0.3 is 0 Å². The lowest BCUT2D eigenvalue weighted by atomic mass is 9.86. The normalized spacial score (nSPS) is 15.5. The summed E-state index contributed by atoms with van der Waals surface area (Å²) in [6.45, 7) is 11.6. The highest BCUT2D eigenvalue weighted by Crippen LogP contribution is 2.41. The van der Waals surface area contributed by atoms with E-state index in [1.165, 1.54) is 5.56 Å². The largest absolute Gasteiger partial charge is 0.381 e. The zero-order valence-electron chi connectivity index (χ0n) is 21.0. The summed E-state index contributed by atoms with van der Waals surface area (Å²) in [5.74, 6) is 1.21. The van der Waals surface area contributed by atoms with E-state index in [1.54, 1.807) is 0 Å². The van der Waals surface area contributed by atoms with Crippen molar-refractivity contribution < 1.29 is 9.26 Å². The van der Waals surface area contributed by atoms with Gasteiger partial charge in [0.2, 0.25) is 0 Å². The molecule has 1 atom stereocenters. The molecule has 0 spiro atoms. The molecular weight excluding hydrogens is 448 g/mol. The average molecular weight is 479 g/mol. The van der Waals surface area contributed by atoms with Crippen molar-refractivity contribution in [3.8, 4) is 11.1 Å². The number of benzene rings is 1. The molecule has 0 aliphatic carbocycles. The van der Waals surface area contributed by atoms with Crippen molar-refractivity contribution in [2.24, 2.45) is 5.92 Å². The predicted molar refractivity (Wildman–Crippen MR) is 143 cm³/mol. The fourth-order valence-corrected chi connectivity index (χ4v) is 5.64. The smallest absolute Gasteiger partial charge is 0.143 e. The molecule has 0 radical (unpaired) electrons. The van der Waals surface area contributed by atoms with Gasteiger partial charge in [-0.25, -0.2) is 4.98 Å². The maximum absolute atomic E-state index is 5.76. The van der Waals surface area contributed by atoms with E-state index in [-0.39, 0.29) is 6.04 Å². The van der Waals surface area contributed by atoms with E-state index in [1.807, 2.05) is 33.0 Å². The highest BCUT2D eigenvalue weighted by molar-refractivity contribution is 6.05. The molecule has 4 aromatic heterocycles. The van der Waals surface area contributed by atoms with Crippen molar-refractivity contribution >= 4 is 27.6 Å². The first-order chi connectivity index (χ1) is 17.5. The number of allylic oxidation sites excluding steroid dienone is 1. The van der Waals surface area contributed by atoms with Crippen LogP contribution in [0.4, 0.5) is 0 Å². The topological polar surface area (TPSA) is 66.0 Å². The fourth-order valence-electron chi connectivity index (χ4n) is 5.64. The third-order valence-electron chi connectivity index (χ3n) is 7.38. The van der Waals surface area contributed by atoms with E-state index in [9.17, 15) is 0 Å². The maximum Gasteiger partial charge on any atom is 0.143 e. The maximum atomic E-state index is 5.76. The molecule has 1 aliphatic heterocycles. The predicted octanol–water partition coefficient (Wildman–Crippen LogP) is 6.91. The van der Waals surface area contributed by atoms with E-state index in [0.717, 1.165) is 82.0 Å². The Morgan fingerprint density at radius 3 is 2.56 bits per heavy atom. The zero-order valence-corrected chi connectivity index (χ0v) is 21.0. The molecule has 182 valence electrons. The lowest BCUT2D eigenvalue weighted by molar-refractivity contribution is 0.0552.